The zero-order valence-electron chi connectivity index (χ0n) is 9.74. The number of aryl methyl sites for hydroxylation is 1. The number of hydrogen-bond acceptors (Lipinski definition) is 2. The first-order valence-corrected chi connectivity index (χ1v) is 7.33. The molecule has 1 heterocycles. The highest BCUT2D eigenvalue weighted by Gasteiger charge is 2.04. The lowest BCUT2D eigenvalue weighted by Gasteiger charge is -2.05. The quantitative estimate of drug-likeness (QED) is 0.815. The van der Waals surface area contributed by atoms with E-state index in [4.69, 9.17) is 16.7 Å². The first kappa shape index (κ1) is 12.8. The zero-order valence-corrected chi connectivity index (χ0v) is 11.3. The van der Waals surface area contributed by atoms with Crippen LogP contribution in [0.1, 0.15) is 17.7 Å². The summed E-state index contributed by atoms with van der Waals surface area (Å²) in [6, 6.07) is 8.33. The number of hydrogen-bond donors (Lipinski definition) is 2. The number of aromatic nitrogens is 1. The van der Waals surface area contributed by atoms with Gasteiger partial charge in [0, 0.05) is 16.6 Å². The maximum absolute atomic E-state index is 9.06. The van der Waals surface area contributed by atoms with E-state index in [1.165, 1.54) is 5.56 Å². The van der Waals surface area contributed by atoms with E-state index in [-0.39, 0.29) is 11.3 Å². The van der Waals surface area contributed by atoms with E-state index in [2.05, 4.69) is 23.2 Å². The van der Waals surface area contributed by atoms with Crippen LogP contribution < -0.4 is 0 Å². The molecule has 0 saturated carbocycles. The summed E-state index contributed by atoms with van der Waals surface area (Å²) in [6.07, 6.45) is 4.00. The Labute approximate surface area is 110 Å². The summed E-state index contributed by atoms with van der Waals surface area (Å²) in [4.78, 5) is 3.17. The molecule has 2 N–H and O–H groups in total. The molecule has 2 nitrogen and oxygen atoms in total. The van der Waals surface area contributed by atoms with E-state index < -0.39 is 0 Å². The van der Waals surface area contributed by atoms with Crippen LogP contribution in [-0.4, -0.2) is 21.1 Å². The standard InChI is InChI=1S/C13H16ClNOS/c1-17-13(14)5-3-9-2-4-12-10(6-9)7-11(8-16)15-12/h2,4,6-7,13,15-16H,3,5,8H2,1H3. The summed E-state index contributed by atoms with van der Waals surface area (Å²) in [6.45, 7) is 0.0558. The van der Waals surface area contributed by atoms with Crippen LogP contribution in [0.4, 0.5) is 0 Å². The van der Waals surface area contributed by atoms with Gasteiger partial charge in [-0.1, -0.05) is 6.07 Å². The lowest BCUT2D eigenvalue weighted by atomic mass is 10.1. The molecule has 0 radical (unpaired) electrons. The van der Waals surface area contributed by atoms with Gasteiger partial charge in [0.05, 0.1) is 11.3 Å². The number of thioether (sulfide) groups is 1. The second-order valence-electron chi connectivity index (χ2n) is 4.06. The number of aliphatic hydroxyl groups excluding tert-OH is 1. The molecule has 0 aliphatic carbocycles. The third-order valence-electron chi connectivity index (χ3n) is 2.83. The van der Waals surface area contributed by atoms with E-state index >= 15 is 0 Å². The Morgan fingerprint density at radius 2 is 2.24 bits per heavy atom. The summed E-state index contributed by atoms with van der Waals surface area (Å²) in [5.74, 6) is 0. The molecule has 1 unspecified atom stereocenters. The minimum Gasteiger partial charge on any atom is -0.390 e. The van der Waals surface area contributed by atoms with Gasteiger partial charge in [-0.25, -0.2) is 0 Å². The summed E-state index contributed by atoms with van der Waals surface area (Å²) < 4.78 is 0.185. The average Bonchev–Trinajstić information content (AvgIpc) is 2.77. The highest BCUT2D eigenvalue weighted by atomic mass is 35.5. The van der Waals surface area contributed by atoms with E-state index in [9.17, 15) is 0 Å². The maximum atomic E-state index is 9.06. The maximum Gasteiger partial charge on any atom is 0.0831 e. The number of fused-ring (bicyclic) bond motifs is 1. The summed E-state index contributed by atoms with van der Waals surface area (Å²) in [5, 5.41) is 10.2. The van der Waals surface area contributed by atoms with E-state index in [1.54, 1.807) is 11.8 Å². The molecular weight excluding hydrogens is 254 g/mol. The fraction of sp³-hybridized carbons (Fsp3) is 0.385. The molecule has 0 fully saturated rings. The zero-order chi connectivity index (χ0) is 12.3. The largest absolute Gasteiger partial charge is 0.390 e. The van der Waals surface area contributed by atoms with Crippen molar-refractivity contribution in [1.29, 1.82) is 0 Å². The Balaban J connectivity index is 2.13. The first-order chi connectivity index (χ1) is 8.22. The van der Waals surface area contributed by atoms with E-state index in [0.29, 0.717) is 0 Å². The van der Waals surface area contributed by atoms with Gasteiger partial charge in [-0.05, 0) is 42.9 Å². The highest BCUT2D eigenvalue weighted by molar-refractivity contribution is 8.00. The number of H-pyrrole nitrogens is 1. The van der Waals surface area contributed by atoms with Gasteiger partial charge in [-0.2, -0.15) is 0 Å². The van der Waals surface area contributed by atoms with Crippen LogP contribution in [0, 0.1) is 0 Å². The van der Waals surface area contributed by atoms with Crippen molar-refractivity contribution in [2.24, 2.45) is 0 Å². The molecule has 1 aromatic carbocycles. The van der Waals surface area contributed by atoms with Crippen LogP contribution in [0.15, 0.2) is 24.3 Å². The minimum atomic E-state index is 0.0558. The van der Waals surface area contributed by atoms with Crippen molar-refractivity contribution in [3.8, 4) is 0 Å². The molecule has 2 rings (SSSR count). The molecule has 0 saturated heterocycles. The summed E-state index contributed by atoms with van der Waals surface area (Å²) in [5.41, 5.74) is 3.22. The number of benzene rings is 1. The Kier molecular flexibility index (Phi) is 4.37. The SMILES string of the molecule is CSC(Cl)CCc1ccc2[nH]c(CO)cc2c1. The molecule has 0 aliphatic heterocycles. The number of halogens is 1. The topological polar surface area (TPSA) is 36.0 Å². The predicted octanol–water partition coefficient (Wildman–Crippen LogP) is 3.52. The molecule has 17 heavy (non-hydrogen) atoms. The minimum absolute atomic E-state index is 0.0558. The number of alkyl halides is 1. The molecule has 0 bridgehead atoms. The Morgan fingerprint density at radius 1 is 1.41 bits per heavy atom. The van der Waals surface area contributed by atoms with Crippen LogP contribution in [0.5, 0.6) is 0 Å². The van der Waals surface area contributed by atoms with Gasteiger partial charge in [-0.15, -0.1) is 23.4 Å². The van der Waals surface area contributed by atoms with Gasteiger partial charge in [0.15, 0.2) is 0 Å². The highest BCUT2D eigenvalue weighted by Crippen LogP contribution is 2.21. The first-order valence-electron chi connectivity index (χ1n) is 5.61. The lowest BCUT2D eigenvalue weighted by molar-refractivity contribution is 0.278. The molecule has 0 spiro atoms. The molecule has 1 atom stereocenters. The number of aromatic amines is 1. The number of nitrogens with one attached hydrogen (secondary N) is 1. The number of rotatable bonds is 5. The predicted molar refractivity (Wildman–Crippen MR) is 75.7 cm³/mol. The van der Waals surface area contributed by atoms with Crippen molar-refractivity contribution in [2.45, 2.75) is 24.2 Å². The normalized spacial score (nSPS) is 13.1. The van der Waals surface area contributed by atoms with Gasteiger partial charge in [0.2, 0.25) is 0 Å². The molecule has 2 aromatic rings. The number of aliphatic hydroxyl groups is 1. The molecular formula is C13H16ClNOS. The Hall–Kier alpha value is -0.640. The van der Waals surface area contributed by atoms with Crippen LogP contribution >= 0.6 is 23.4 Å². The average molecular weight is 270 g/mol. The fourth-order valence-electron chi connectivity index (χ4n) is 1.88. The second kappa shape index (κ2) is 5.80. The van der Waals surface area contributed by atoms with Gasteiger partial charge in [0.25, 0.3) is 0 Å². The third-order valence-corrected chi connectivity index (χ3v) is 4.33. The van der Waals surface area contributed by atoms with Crippen molar-refractivity contribution in [3.63, 3.8) is 0 Å². The smallest absolute Gasteiger partial charge is 0.0831 e. The van der Waals surface area contributed by atoms with Gasteiger partial charge >= 0.3 is 0 Å². The van der Waals surface area contributed by atoms with Gasteiger partial charge < -0.3 is 10.1 Å². The van der Waals surface area contributed by atoms with E-state index in [0.717, 1.165) is 29.4 Å². The summed E-state index contributed by atoms with van der Waals surface area (Å²) in [7, 11) is 0. The molecule has 1 aromatic heterocycles. The van der Waals surface area contributed by atoms with Crippen LogP contribution in [-0.2, 0) is 13.0 Å². The molecule has 0 amide bonds. The van der Waals surface area contributed by atoms with Crippen molar-refractivity contribution < 1.29 is 5.11 Å². The second-order valence-corrected chi connectivity index (χ2v) is 5.88. The van der Waals surface area contributed by atoms with Crippen molar-refractivity contribution in [1.82, 2.24) is 4.98 Å². The lowest BCUT2D eigenvalue weighted by Crippen LogP contribution is -1.94. The van der Waals surface area contributed by atoms with Crippen LogP contribution in [0.25, 0.3) is 10.9 Å². The van der Waals surface area contributed by atoms with Crippen molar-refractivity contribution >= 4 is 34.3 Å². The summed E-state index contributed by atoms with van der Waals surface area (Å²) >= 11 is 7.77. The Morgan fingerprint density at radius 3 is 2.94 bits per heavy atom. The van der Waals surface area contributed by atoms with E-state index in [1.807, 2.05) is 12.3 Å². The Bertz CT molecular complexity index is 497. The van der Waals surface area contributed by atoms with Gasteiger partial charge in [0.1, 0.15) is 0 Å². The van der Waals surface area contributed by atoms with Crippen molar-refractivity contribution in [2.75, 3.05) is 6.26 Å². The molecule has 0 aliphatic rings. The fourth-order valence-corrected chi connectivity index (χ4v) is 2.34. The molecule has 4 heteroatoms. The van der Waals surface area contributed by atoms with Crippen molar-refractivity contribution in [3.05, 3.63) is 35.5 Å². The third kappa shape index (κ3) is 3.18. The van der Waals surface area contributed by atoms with Gasteiger partial charge in [-0.3, -0.25) is 0 Å². The monoisotopic (exact) mass is 269 g/mol. The van der Waals surface area contributed by atoms with Crippen LogP contribution in [0.3, 0.4) is 0 Å². The van der Waals surface area contributed by atoms with Crippen LogP contribution in [0.2, 0.25) is 0 Å². The molecule has 92 valence electrons.